The van der Waals surface area contributed by atoms with E-state index in [1.54, 1.807) is 13.3 Å². The predicted molar refractivity (Wildman–Crippen MR) is 61.6 cm³/mol. The Morgan fingerprint density at radius 1 is 1.27 bits per heavy atom. The molecule has 0 atom stereocenters. The molecule has 3 heteroatoms. The summed E-state index contributed by atoms with van der Waals surface area (Å²) in [6, 6.07) is 9.95. The van der Waals surface area contributed by atoms with Crippen molar-refractivity contribution in [3.05, 3.63) is 52.8 Å². The minimum absolute atomic E-state index is 0.749. The molecular weight excluding hydrogens is 210 g/mol. The van der Waals surface area contributed by atoms with Crippen LogP contribution in [0.15, 0.2) is 36.5 Å². The zero-order valence-electron chi connectivity index (χ0n) is 8.46. The summed E-state index contributed by atoms with van der Waals surface area (Å²) in [4.78, 5) is 3.12. The van der Waals surface area contributed by atoms with E-state index < -0.39 is 0 Å². The van der Waals surface area contributed by atoms with Gasteiger partial charge in [-0.15, -0.1) is 0 Å². The van der Waals surface area contributed by atoms with Crippen LogP contribution in [-0.4, -0.2) is 12.1 Å². The van der Waals surface area contributed by atoms with E-state index in [4.69, 9.17) is 16.3 Å². The summed E-state index contributed by atoms with van der Waals surface area (Å²) in [5.41, 5.74) is 2.35. The van der Waals surface area contributed by atoms with Crippen LogP contribution in [0.5, 0.6) is 5.75 Å². The Bertz CT molecular complexity index is 433. The van der Waals surface area contributed by atoms with Gasteiger partial charge in [0.2, 0.25) is 0 Å². The van der Waals surface area contributed by atoms with Gasteiger partial charge in [0.25, 0.3) is 0 Å². The highest BCUT2D eigenvalue weighted by Gasteiger charge is 1.99. The Labute approximate surface area is 93.8 Å². The number of hydrogen-bond acceptors (Lipinski definition) is 1. The molecule has 0 radical (unpaired) electrons. The second kappa shape index (κ2) is 4.41. The van der Waals surface area contributed by atoms with Crippen LogP contribution in [0, 0.1) is 0 Å². The van der Waals surface area contributed by atoms with Gasteiger partial charge in [-0.2, -0.15) is 0 Å². The van der Waals surface area contributed by atoms with Crippen LogP contribution < -0.4 is 4.74 Å². The first-order chi connectivity index (χ1) is 7.28. The highest BCUT2D eigenvalue weighted by Crippen LogP contribution is 2.16. The van der Waals surface area contributed by atoms with Crippen LogP contribution in [0.4, 0.5) is 0 Å². The van der Waals surface area contributed by atoms with E-state index in [2.05, 4.69) is 4.98 Å². The fraction of sp³-hybridized carbons (Fsp3) is 0.167. The lowest BCUT2D eigenvalue weighted by molar-refractivity contribution is 0.414. The van der Waals surface area contributed by atoms with Crippen molar-refractivity contribution < 1.29 is 4.74 Å². The van der Waals surface area contributed by atoms with E-state index >= 15 is 0 Å². The zero-order valence-corrected chi connectivity index (χ0v) is 9.21. The lowest BCUT2D eigenvalue weighted by Crippen LogP contribution is -1.88. The topological polar surface area (TPSA) is 25.0 Å². The molecule has 0 aliphatic rings. The molecule has 1 aromatic carbocycles. The Morgan fingerprint density at radius 2 is 2.00 bits per heavy atom. The Hall–Kier alpha value is -1.41. The van der Waals surface area contributed by atoms with Gasteiger partial charge in [-0.25, -0.2) is 0 Å². The van der Waals surface area contributed by atoms with Gasteiger partial charge in [0.05, 0.1) is 12.1 Å². The predicted octanol–water partition coefficient (Wildman–Crippen LogP) is 3.27. The molecule has 0 aliphatic carbocycles. The first kappa shape index (κ1) is 10.1. The summed E-state index contributed by atoms with van der Waals surface area (Å²) < 4.78 is 5.09. The van der Waals surface area contributed by atoms with Crippen molar-refractivity contribution in [2.45, 2.75) is 6.42 Å². The average Bonchev–Trinajstić information content (AvgIpc) is 2.65. The molecule has 0 bridgehead atoms. The van der Waals surface area contributed by atoms with E-state index in [9.17, 15) is 0 Å². The zero-order chi connectivity index (χ0) is 10.7. The van der Waals surface area contributed by atoms with Crippen molar-refractivity contribution in [3.8, 4) is 5.75 Å². The molecule has 0 fully saturated rings. The van der Waals surface area contributed by atoms with Gasteiger partial charge in [0.1, 0.15) is 5.75 Å². The number of benzene rings is 1. The number of rotatable bonds is 3. The monoisotopic (exact) mass is 221 g/mol. The smallest absolute Gasteiger partial charge is 0.118 e. The number of halogens is 1. The maximum atomic E-state index is 5.82. The first-order valence-corrected chi connectivity index (χ1v) is 5.11. The number of ether oxygens (including phenoxy) is 1. The van der Waals surface area contributed by atoms with Crippen molar-refractivity contribution in [3.63, 3.8) is 0 Å². The molecule has 2 aromatic rings. The van der Waals surface area contributed by atoms with Gasteiger partial charge in [-0.3, -0.25) is 0 Å². The maximum Gasteiger partial charge on any atom is 0.118 e. The standard InChI is InChI=1S/C12H12ClNO/c1-15-12-4-2-9(3-5-12)6-11-7-10(13)8-14-11/h2-5,7-8,14H,6H2,1H3. The molecule has 0 aliphatic heterocycles. The van der Waals surface area contributed by atoms with Gasteiger partial charge in [-0.1, -0.05) is 23.7 Å². The van der Waals surface area contributed by atoms with Gasteiger partial charge >= 0.3 is 0 Å². The van der Waals surface area contributed by atoms with Crippen LogP contribution in [-0.2, 0) is 6.42 Å². The third kappa shape index (κ3) is 2.54. The maximum absolute atomic E-state index is 5.82. The largest absolute Gasteiger partial charge is 0.497 e. The minimum Gasteiger partial charge on any atom is -0.497 e. The van der Waals surface area contributed by atoms with Gasteiger partial charge < -0.3 is 9.72 Å². The van der Waals surface area contributed by atoms with Crippen LogP contribution >= 0.6 is 11.6 Å². The molecule has 1 N–H and O–H groups in total. The summed E-state index contributed by atoms with van der Waals surface area (Å²) in [6.07, 6.45) is 2.65. The van der Waals surface area contributed by atoms with E-state index in [1.807, 2.05) is 30.3 Å². The second-order valence-corrected chi connectivity index (χ2v) is 3.80. The number of aromatic amines is 1. The molecule has 1 aromatic heterocycles. The van der Waals surface area contributed by atoms with Crippen molar-refractivity contribution in [1.82, 2.24) is 4.98 Å². The van der Waals surface area contributed by atoms with Crippen LogP contribution in [0.25, 0.3) is 0 Å². The fourth-order valence-electron chi connectivity index (χ4n) is 1.48. The lowest BCUT2D eigenvalue weighted by Gasteiger charge is -2.01. The van der Waals surface area contributed by atoms with Crippen LogP contribution in [0.1, 0.15) is 11.3 Å². The number of aromatic nitrogens is 1. The number of nitrogens with one attached hydrogen (secondary N) is 1. The van der Waals surface area contributed by atoms with Crippen molar-refractivity contribution in [2.75, 3.05) is 7.11 Å². The highest BCUT2D eigenvalue weighted by molar-refractivity contribution is 6.30. The molecule has 15 heavy (non-hydrogen) atoms. The van der Waals surface area contributed by atoms with Crippen LogP contribution in [0.3, 0.4) is 0 Å². The summed E-state index contributed by atoms with van der Waals surface area (Å²) in [6.45, 7) is 0. The molecule has 0 spiro atoms. The number of hydrogen-bond donors (Lipinski definition) is 1. The summed E-state index contributed by atoms with van der Waals surface area (Å²) >= 11 is 5.82. The molecule has 0 amide bonds. The van der Waals surface area contributed by atoms with Gasteiger partial charge in [0, 0.05) is 18.3 Å². The highest BCUT2D eigenvalue weighted by atomic mass is 35.5. The van der Waals surface area contributed by atoms with E-state index in [0.29, 0.717) is 0 Å². The average molecular weight is 222 g/mol. The summed E-state index contributed by atoms with van der Waals surface area (Å²) in [5, 5.41) is 0.749. The molecular formula is C12H12ClNO. The molecule has 0 saturated carbocycles. The van der Waals surface area contributed by atoms with Crippen molar-refractivity contribution in [1.29, 1.82) is 0 Å². The van der Waals surface area contributed by atoms with E-state index in [0.717, 1.165) is 22.9 Å². The molecule has 2 rings (SSSR count). The molecule has 1 heterocycles. The van der Waals surface area contributed by atoms with Crippen molar-refractivity contribution >= 4 is 11.6 Å². The molecule has 78 valence electrons. The normalized spacial score (nSPS) is 10.3. The molecule has 0 unspecified atom stereocenters. The Morgan fingerprint density at radius 3 is 2.53 bits per heavy atom. The first-order valence-electron chi connectivity index (χ1n) is 4.73. The van der Waals surface area contributed by atoms with Crippen LogP contribution in [0.2, 0.25) is 5.02 Å². The number of methoxy groups -OCH3 is 1. The Kier molecular flexibility index (Phi) is 2.97. The fourth-order valence-corrected chi connectivity index (χ4v) is 1.66. The van der Waals surface area contributed by atoms with E-state index in [1.165, 1.54) is 5.56 Å². The van der Waals surface area contributed by atoms with Crippen molar-refractivity contribution in [2.24, 2.45) is 0 Å². The van der Waals surface area contributed by atoms with Gasteiger partial charge in [0.15, 0.2) is 0 Å². The summed E-state index contributed by atoms with van der Waals surface area (Å²) in [5.74, 6) is 0.878. The summed E-state index contributed by atoms with van der Waals surface area (Å²) in [7, 11) is 1.67. The second-order valence-electron chi connectivity index (χ2n) is 3.37. The lowest BCUT2D eigenvalue weighted by atomic mass is 10.1. The SMILES string of the molecule is COc1ccc(Cc2cc(Cl)c[nH]2)cc1. The quantitative estimate of drug-likeness (QED) is 0.846. The third-order valence-electron chi connectivity index (χ3n) is 2.26. The van der Waals surface area contributed by atoms with E-state index in [-0.39, 0.29) is 0 Å². The third-order valence-corrected chi connectivity index (χ3v) is 2.48. The Balaban J connectivity index is 2.11. The van der Waals surface area contributed by atoms with Gasteiger partial charge in [-0.05, 0) is 23.8 Å². The minimum atomic E-state index is 0.749. The number of H-pyrrole nitrogens is 1. The molecule has 0 saturated heterocycles. The molecule has 2 nitrogen and oxygen atoms in total.